The van der Waals surface area contributed by atoms with Crippen LogP contribution in [0.2, 0.25) is 0 Å². The van der Waals surface area contributed by atoms with E-state index in [1.165, 1.54) is 23.4 Å². The number of Topliss-reactive ketones (excluding diaryl/α,β-unsaturated/α-hetero) is 1. The minimum absolute atomic E-state index is 0.0103. The van der Waals surface area contributed by atoms with Crippen LogP contribution in [0.25, 0.3) is 10.2 Å². The van der Waals surface area contributed by atoms with Crippen LogP contribution in [-0.2, 0) is 13.6 Å². The number of aromatic nitrogens is 4. The first-order valence-electron chi connectivity index (χ1n) is 9.17. The van der Waals surface area contributed by atoms with Gasteiger partial charge in [-0.3, -0.25) is 18.7 Å². The molecular weight excluding hydrogens is 410 g/mol. The first-order chi connectivity index (χ1) is 13.7. The van der Waals surface area contributed by atoms with Crippen molar-refractivity contribution in [2.24, 2.45) is 7.05 Å². The molecule has 0 amide bonds. The van der Waals surface area contributed by atoms with Crippen LogP contribution in [0.3, 0.4) is 0 Å². The molecule has 0 atom stereocenters. The number of nitrogens with two attached hydrogens (primary N) is 1. The van der Waals surface area contributed by atoms with Crippen molar-refractivity contribution in [3.63, 3.8) is 0 Å². The zero-order valence-electron chi connectivity index (χ0n) is 17.0. The van der Waals surface area contributed by atoms with Crippen LogP contribution in [0, 0.1) is 20.8 Å². The van der Waals surface area contributed by atoms with Gasteiger partial charge in [0.1, 0.15) is 27.1 Å². The molecule has 3 aromatic heterocycles. The summed E-state index contributed by atoms with van der Waals surface area (Å²) in [5, 5.41) is 1.65. The molecule has 3 heterocycles. The summed E-state index contributed by atoms with van der Waals surface area (Å²) in [5.41, 5.74) is 5.81. The predicted molar refractivity (Wildman–Crippen MR) is 117 cm³/mol. The lowest BCUT2D eigenvalue weighted by Gasteiger charge is -2.13. The third-order valence-electron chi connectivity index (χ3n) is 4.76. The van der Waals surface area contributed by atoms with Crippen molar-refractivity contribution in [1.82, 2.24) is 19.1 Å². The normalized spacial score (nSPS) is 11.3. The Morgan fingerprint density at radius 3 is 2.55 bits per heavy atom. The standard InChI is InChI=1S/C19H23N5O3S2/c1-6-7-24-15(20)14(18(26)23(5)19(24)27)12(25)8-28-16-13-9(2)10(3)29-17(13)22-11(4)21-16/h6-8,20H2,1-5H3. The van der Waals surface area contributed by atoms with E-state index in [1.54, 1.807) is 11.3 Å². The van der Waals surface area contributed by atoms with Gasteiger partial charge in [0.05, 0.1) is 5.75 Å². The van der Waals surface area contributed by atoms with E-state index >= 15 is 0 Å². The summed E-state index contributed by atoms with van der Waals surface area (Å²) < 4.78 is 2.21. The number of nitrogens with zero attached hydrogens (tertiary/aromatic N) is 4. The van der Waals surface area contributed by atoms with Crippen LogP contribution in [0.15, 0.2) is 14.6 Å². The maximum absolute atomic E-state index is 12.9. The molecule has 0 fully saturated rings. The number of aryl methyl sites for hydroxylation is 3. The summed E-state index contributed by atoms with van der Waals surface area (Å²) >= 11 is 2.85. The van der Waals surface area contributed by atoms with Gasteiger partial charge in [-0.2, -0.15) is 0 Å². The zero-order valence-corrected chi connectivity index (χ0v) is 18.7. The van der Waals surface area contributed by atoms with Crippen molar-refractivity contribution in [2.45, 2.75) is 45.7 Å². The Morgan fingerprint density at radius 2 is 1.90 bits per heavy atom. The molecule has 3 rings (SSSR count). The molecule has 2 N–H and O–H groups in total. The molecule has 0 aliphatic carbocycles. The van der Waals surface area contributed by atoms with E-state index in [0.717, 1.165) is 25.2 Å². The molecule has 154 valence electrons. The number of carbonyl (C=O) groups is 1. The van der Waals surface area contributed by atoms with Crippen LogP contribution in [0.5, 0.6) is 0 Å². The summed E-state index contributed by atoms with van der Waals surface area (Å²) in [6.07, 6.45) is 0.652. The molecule has 0 saturated heterocycles. The van der Waals surface area contributed by atoms with Crippen LogP contribution in [0.4, 0.5) is 5.82 Å². The highest BCUT2D eigenvalue weighted by Crippen LogP contribution is 2.35. The van der Waals surface area contributed by atoms with E-state index in [1.807, 2.05) is 27.7 Å². The molecule has 0 radical (unpaired) electrons. The maximum atomic E-state index is 12.9. The summed E-state index contributed by atoms with van der Waals surface area (Å²) in [6.45, 7) is 8.07. The molecule has 0 aromatic carbocycles. The van der Waals surface area contributed by atoms with E-state index in [9.17, 15) is 14.4 Å². The number of thiophene rings is 1. The lowest BCUT2D eigenvalue weighted by molar-refractivity contribution is 0.102. The van der Waals surface area contributed by atoms with Gasteiger partial charge in [-0.05, 0) is 32.8 Å². The molecule has 10 heteroatoms. The van der Waals surface area contributed by atoms with E-state index in [-0.39, 0.29) is 17.1 Å². The highest BCUT2D eigenvalue weighted by atomic mass is 32.2. The van der Waals surface area contributed by atoms with E-state index in [4.69, 9.17) is 5.73 Å². The quantitative estimate of drug-likeness (QED) is 0.361. The minimum atomic E-state index is -0.669. The Bertz CT molecular complexity index is 1240. The molecule has 29 heavy (non-hydrogen) atoms. The third kappa shape index (κ3) is 3.74. The Morgan fingerprint density at radius 1 is 1.21 bits per heavy atom. The molecule has 0 unspecified atom stereocenters. The predicted octanol–water partition coefficient (Wildman–Crippen LogP) is 2.44. The fourth-order valence-corrected chi connectivity index (χ4v) is 5.25. The lowest BCUT2D eigenvalue weighted by atomic mass is 10.2. The average Bonchev–Trinajstić information content (AvgIpc) is 2.95. The number of hydrogen-bond donors (Lipinski definition) is 1. The molecule has 8 nitrogen and oxygen atoms in total. The van der Waals surface area contributed by atoms with Crippen LogP contribution < -0.4 is 17.0 Å². The molecule has 0 aliphatic rings. The summed E-state index contributed by atoms with van der Waals surface area (Å²) in [6, 6.07) is 0. The number of fused-ring (bicyclic) bond motifs is 1. The van der Waals surface area contributed by atoms with Crippen molar-refractivity contribution < 1.29 is 4.79 Å². The second-order valence-electron chi connectivity index (χ2n) is 6.81. The highest BCUT2D eigenvalue weighted by molar-refractivity contribution is 8.00. The number of hydrogen-bond acceptors (Lipinski definition) is 8. The lowest BCUT2D eigenvalue weighted by Crippen LogP contribution is -2.42. The van der Waals surface area contributed by atoms with Crippen molar-refractivity contribution in [3.8, 4) is 0 Å². The van der Waals surface area contributed by atoms with Gasteiger partial charge in [-0.25, -0.2) is 14.8 Å². The number of anilines is 1. The monoisotopic (exact) mass is 433 g/mol. The van der Waals surface area contributed by atoms with Gasteiger partial charge < -0.3 is 5.73 Å². The SMILES string of the molecule is CCCn1c(N)c(C(=O)CSc2nc(C)nc3sc(C)c(C)c23)c(=O)n(C)c1=O. The molecule has 0 bridgehead atoms. The number of nitrogen functional groups attached to an aromatic ring is 1. The maximum Gasteiger partial charge on any atom is 0.332 e. The smallest absolute Gasteiger partial charge is 0.332 e. The Kier molecular flexibility index (Phi) is 5.95. The number of ketones is 1. The van der Waals surface area contributed by atoms with E-state index in [0.29, 0.717) is 23.8 Å². The van der Waals surface area contributed by atoms with E-state index < -0.39 is 17.0 Å². The topological polar surface area (TPSA) is 113 Å². The third-order valence-corrected chi connectivity index (χ3v) is 6.83. The van der Waals surface area contributed by atoms with Gasteiger partial charge in [0, 0.05) is 23.9 Å². The summed E-state index contributed by atoms with van der Waals surface area (Å²) in [5.74, 6) is 0.119. The van der Waals surface area contributed by atoms with Gasteiger partial charge >= 0.3 is 5.69 Å². The number of thioether (sulfide) groups is 1. The number of rotatable bonds is 6. The molecule has 0 spiro atoms. The van der Waals surface area contributed by atoms with Crippen molar-refractivity contribution in [1.29, 1.82) is 0 Å². The first kappa shape index (κ1) is 21.3. The largest absolute Gasteiger partial charge is 0.384 e. The summed E-state index contributed by atoms with van der Waals surface area (Å²) in [4.78, 5) is 48.8. The van der Waals surface area contributed by atoms with Gasteiger partial charge in [-0.1, -0.05) is 18.7 Å². The Labute approximate surface area is 175 Å². The minimum Gasteiger partial charge on any atom is -0.384 e. The van der Waals surface area contributed by atoms with Gasteiger partial charge in [0.15, 0.2) is 5.78 Å². The van der Waals surface area contributed by atoms with Crippen LogP contribution >= 0.6 is 23.1 Å². The Hall–Kier alpha value is -2.46. The second-order valence-corrected chi connectivity index (χ2v) is 8.98. The Balaban J connectivity index is 2.00. The zero-order chi connectivity index (χ0) is 21.5. The van der Waals surface area contributed by atoms with E-state index in [2.05, 4.69) is 9.97 Å². The van der Waals surface area contributed by atoms with Crippen molar-refractivity contribution >= 4 is 44.9 Å². The van der Waals surface area contributed by atoms with Crippen LogP contribution in [0.1, 0.15) is 40.0 Å². The number of carbonyl (C=O) groups excluding carboxylic acids is 1. The average molecular weight is 434 g/mol. The second kappa shape index (κ2) is 8.11. The summed E-state index contributed by atoms with van der Waals surface area (Å²) in [7, 11) is 1.36. The highest BCUT2D eigenvalue weighted by Gasteiger charge is 2.22. The van der Waals surface area contributed by atoms with Gasteiger partial charge in [-0.15, -0.1) is 11.3 Å². The van der Waals surface area contributed by atoms with Gasteiger partial charge in [0.2, 0.25) is 0 Å². The molecule has 0 aliphatic heterocycles. The van der Waals surface area contributed by atoms with Crippen molar-refractivity contribution in [3.05, 3.63) is 42.7 Å². The van der Waals surface area contributed by atoms with Crippen molar-refractivity contribution in [2.75, 3.05) is 11.5 Å². The molecule has 0 saturated carbocycles. The first-order valence-corrected chi connectivity index (χ1v) is 11.0. The van der Waals surface area contributed by atoms with Gasteiger partial charge in [0.25, 0.3) is 5.56 Å². The van der Waals surface area contributed by atoms with Crippen LogP contribution in [-0.4, -0.2) is 30.6 Å². The fraction of sp³-hybridized carbons (Fsp3) is 0.421. The molecular formula is C19H23N5O3S2. The molecule has 3 aromatic rings. The fourth-order valence-electron chi connectivity index (χ4n) is 3.11.